The fourth-order valence-corrected chi connectivity index (χ4v) is 4.64. The summed E-state index contributed by atoms with van der Waals surface area (Å²) in [5, 5.41) is 0. The number of rotatable bonds is 0. The van der Waals surface area contributed by atoms with E-state index in [9.17, 15) is 0 Å². The van der Waals surface area contributed by atoms with Crippen LogP contribution in [0, 0.1) is 11.1 Å². The van der Waals surface area contributed by atoms with Gasteiger partial charge in [0, 0.05) is 35.6 Å². The van der Waals surface area contributed by atoms with E-state index in [0.29, 0.717) is 0 Å². The van der Waals surface area contributed by atoms with Gasteiger partial charge in [-0.3, -0.25) is 0 Å². The van der Waals surface area contributed by atoms with Gasteiger partial charge in [-0.15, -0.1) is 0 Å². The normalized spacial score (nSPS) is 11.4. The van der Waals surface area contributed by atoms with Crippen LogP contribution in [0.25, 0.3) is 33.4 Å². The van der Waals surface area contributed by atoms with Gasteiger partial charge >= 0.3 is 0 Å². The number of halogens is 3. The molecule has 0 nitrogen and oxygen atoms in total. The Morgan fingerprint density at radius 3 is 0.750 bits per heavy atom. The van der Waals surface area contributed by atoms with Crippen molar-refractivity contribution in [3.8, 4) is 22.3 Å². The van der Waals surface area contributed by atoms with Gasteiger partial charge in [-0.25, -0.2) is 0 Å². The third kappa shape index (κ3) is 4.18. The smallest absolute Gasteiger partial charge is 0.0683 e. The number of hydrogen-bond donors (Lipinski definition) is 0. The van der Waals surface area contributed by atoms with Gasteiger partial charge < -0.3 is 12.4 Å². The Hall–Kier alpha value is -1.95. The van der Waals surface area contributed by atoms with Crippen LogP contribution in [-0.4, -0.2) is 24.4 Å². The van der Waals surface area contributed by atoms with Gasteiger partial charge in [0.05, 0.1) is 11.1 Å². The van der Waals surface area contributed by atoms with Crippen LogP contribution >= 0.6 is 23.2 Å². The molecule has 2 aliphatic carbocycles. The number of benzene rings is 4. The van der Waals surface area contributed by atoms with Crippen molar-refractivity contribution in [2.45, 2.75) is 0 Å². The van der Waals surface area contributed by atoms with E-state index in [1.165, 1.54) is 44.5 Å². The van der Waals surface area contributed by atoms with Crippen LogP contribution in [0.15, 0.2) is 97.1 Å². The van der Waals surface area contributed by atoms with Crippen molar-refractivity contribution < 1.29 is 12.4 Å². The van der Waals surface area contributed by atoms with Crippen LogP contribution in [0.5, 0.6) is 0 Å². The van der Waals surface area contributed by atoms with E-state index in [1.54, 1.807) is 0 Å². The summed E-state index contributed by atoms with van der Waals surface area (Å²) < 4.78 is 0. The van der Waals surface area contributed by atoms with Gasteiger partial charge in [0.2, 0.25) is 0 Å². The van der Waals surface area contributed by atoms with Crippen LogP contribution < -0.4 is 12.4 Å². The van der Waals surface area contributed by atoms with Gasteiger partial charge in [0.1, 0.15) is 0 Å². The van der Waals surface area contributed by atoms with Crippen molar-refractivity contribution >= 4 is 58.8 Å². The zero-order valence-corrected chi connectivity index (χ0v) is 21.6. The molecule has 0 spiro atoms. The molecule has 0 saturated carbocycles. The molecule has 0 fully saturated rings. The zero-order chi connectivity index (χ0) is 20.5. The summed E-state index contributed by atoms with van der Waals surface area (Å²) in [4.78, 5) is 0. The van der Waals surface area contributed by atoms with Crippen molar-refractivity contribution in [1.82, 2.24) is 0 Å². The fraction of sp³-hybridized carbons (Fsp3) is 0. The minimum absolute atomic E-state index is 0. The van der Waals surface area contributed by atoms with Crippen LogP contribution in [-0.2, 0) is 0 Å². The molecule has 4 aromatic rings. The molecule has 5 radical (unpaired) electrons. The van der Waals surface area contributed by atoms with Gasteiger partial charge in [0.25, 0.3) is 0 Å². The number of hydrogen-bond acceptors (Lipinski definition) is 0. The number of fused-ring (bicyclic) bond motifs is 6. The van der Waals surface area contributed by atoms with E-state index in [-0.39, 0.29) is 36.8 Å². The maximum Gasteiger partial charge on any atom is 0.0683 e. The zero-order valence-electron chi connectivity index (χ0n) is 16.8. The second-order valence-corrected chi connectivity index (χ2v) is 7.50. The van der Waals surface area contributed by atoms with Crippen molar-refractivity contribution in [3.63, 3.8) is 0 Å². The Bertz CT molecular complexity index is 1120. The van der Waals surface area contributed by atoms with Gasteiger partial charge in [0.15, 0.2) is 0 Å². The Labute approximate surface area is 222 Å². The average molecular weight is 581 g/mol. The predicted octanol–water partition coefficient (Wildman–Crippen LogP) is 4.82. The van der Waals surface area contributed by atoms with Crippen LogP contribution in [0.1, 0.15) is 22.3 Å². The molecule has 2 aliphatic rings. The first-order chi connectivity index (χ1) is 14.8. The minimum Gasteiger partial charge on any atom is -1.00 e. The first-order valence-corrected chi connectivity index (χ1v) is 10.4. The van der Waals surface area contributed by atoms with E-state index < -0.39 is 0 Å². The SMILES string of the molecule is Cl[C]=C1c2ccccc2-c2ccccc21.Cl[C]=C1c2ccccc2-c2ccccc21.[Cl-].[Sb]. The second-order valence-electron chi connectivity index (χ2n) is 7.12. The molecule has 0 heterocycles. The molecule has 0 aromatic heterocycles. The maximum atomic E-state index is 5.78. The van der Waals surface area contributed by atoms with E-state index in [2.05, 4.69) is 59.6 Å². The third-order valence-corrected chi connectivity index (χ3v) is 5.93. The Balaban J connectivity index is 0.000000170. The topological polar surface area (TPSA) is 0 Å². The second kappa shape index (κ2) is 10.8. The van der Waals surface area contributed by atoms with Crippen molar-refractivity contribution in [3.05, 3.63) is 130 Å². The molecule has 4 aromatic carbocycles. The maximum absolute atomic E-state index is 5.78. The van der Waals surface area contributed by atoms with Crippen molar-refractivity contribution in [2.75, 3.05) is 0 Å². The molecule has 6 rings (SSSR count). The van der Waals surface area contributed by atoms with Gasteiger partial charge in [-0.05, 0) is 44.5 Å². The van der Waals surface area contributed by atoms with E-state index in [0.717, 1.165) is 11.1 Å². The molecule has 0 atom stereocenters. The Morgan fingerprint density at radius 2 is 0.562 bits per heavy atom. The molecule has 155 valence electrons. The summed E-state index contributed by atoms with van der Waals surface area (Å²) >= 11 is 11.6. The first-order valence-electron chi connectivity index (χ1n) is 9.69. The van der Waals surface area contributed by atoms with E-state index in [4.69, 9.17) is 23.2 Å². The van der Waals surface area contributed by atoms with Crippen LogP contribution in [0.4, 0.5) is 0 Å². The summed E-state index contributed by atoms with van der Waals surface area (Å²) in [5.41, 5.74) is 17.2. The largest absolute Gasteiger partial charge is 1.00 e. The molecule has 0 amide bonds. The van der Waals surface area contributed by atoms with Crippen molar-refractivity contribution in [1.29, 1.82) is 0 Å². The van der Waals surface area contributed by atoms with E-state index >= 15 is 0 Å². The average Bonchev–Trinajstić information content (AvgIpc) is 3.32. The monoisotopic (exact) mass is 578 g/mol. The van der Waals surface area contributed by atoms with Crippen molar-refractivity contribution in [2.24, 2.45) is 0 Å². The molecule has 0 unspecified atom stereocenters. The molecule has 0 bridgehead atoms. The molecule has 32 heavy (non-hydrogen) atoms. The summed E-state index contributed by atoms with van der Waals surface area (Å²) in [6.45, 7) is 0. The summed E-state index contributed by atoms with van der Waals surface area (Å²) in [6.07, 6.45) is 0. The fourth-order valence-electron chi connectivity index (χ4n) is 4.24. The Kier molecular flexibility index (Phi) is 8.31. The van der Waals surface area contributed by atoms with Crippen LogP contribution in [0.3, 0.4) is 0 Å². The molecule has 0 saturated heterocycles. The summed E-state index contributed by atoms with van der Waals surface area (Å²) in [6, 6.07) is 33.1. The standard InChI is InChI=1S/2C14H8Cl.ClH.Sb/c2*15-9-14-12-7-3-1-5-10(12)11-6-2-4-8-13(11)14;;/h2*1-8H;1H;/p-1. The Morgan fingerprint density at radius 1 is 0.375 bits per heavy atom. The van der Waals surface area contributed by atoms with Gasteiger partial charge in [-0.2, -0.15) is 0 Å². The van der Waals surface area contributed by atoms with Crippen LogP contribution in [0.2, 0.25) is 0 Å². The predicted molar refractivity (Wildman–Crippen MR) is 133 cm³/mol. The third-order valence-electron chi connectivity index (χ3n) is 5.55. The summed E-state index contributed by atoms with van der Waals surface area (Å²) in [5.74, 6) is 0. The molecule has 0 aliphatic heterocycles. The molecule has 0 N–H and O–H groups in total. The van der Waals surface area contributed by atoms with Gasteiger partial charge in [-0.1, -0.05) is 120 Å². The van der Waals surface area contributed by atoms with E-state index in [1.807, 2.05) is 48.5 Å². The molecule has 4 heteroatoms. The molecular weight excluding hydrogens is 564 g/mol. The minimum atomic E-state index is 0. The summed E-state index contributed by atoms with van der Waals surface area (Å²) in [7, 11) is 0. The molecular formula is C28H16Cl3Sb-. The quantitative estimate of drug-likeness (QED) is 0.226. The first kappa shape index (κ1) is 24.7.